The van der Waals surface area contributed by atoms with Gasteiger partial charge in [0.05, 0.1) is 4.88 Å². The Morgan fingerprint density at radius 2 is 2.04 bits per heavy atom. The van der Waals surface area contributed by atoms with E-state index in [0.717, 1.165) is 50.3 Å². The number of rotatable bonds is 2. The van der Waals surface area contributed by atoms with E-state index in [1.165, 1.54) is 11.3 Å². The molecule has 3 saturated heterocycles. The molecule has 0 spiro atoms. The average molecular weight is 333 g/mol. The number of nitrogens with zero attached hydrogens (tertiary/aromatic N) is 2. The van der Waals surface area contributed by atoms with E-state index >= 15 is 0 Å². The molecular weight excluding hydrogens is 310 g/mol. The third kappa shape index (κ3) is 3.02. The van der Waals surface area contributed by atoms with Crippen LogP contribution in [-0.4, -0.2) is 59.9 Å². The highest BCUT2D eigenvalue weighted by Gasteiger charge is 2.39. The van der Waals surface area contributed by atoms with Crippen LogP contribution in [0.4, 0.5) is 0 Å². The number of hydrogen-bond donors (Lipinski definition) is 1. The zero-order chi connectivity index (χ0) is 15.8. The second-order valence-corrected chi connectivity index (χ2v) is 7.87. The molecule has 2 atom stereocenters. The van der Waals surface area contributed by atoms with Crippen molar-refractivity contribution in [3.63, 3.8) is 0 Å². The number of nitrogens with one attached hydrogen (secondary N) is 1. The standard InChI is InChI=1S/C17H23N3O2S/c21-16-10-12-11-20(8-5-14(12)18-16)13-3-6-19(7-4-13)17(22)15-2-1-9-23-15/h1-2,9,12-14H,3-8,10-11H2,(H,18,21)/t12-,14+/m1/s1. The Labute approximate surface area is 140 Å². The van der Waals surface area contributed by atoms with Gasteiger partial charge in [-0.1, -0.05) is 6.07 Å². The van der Waals surface area contributed by atoms with Crippen LogP contribution in [0.3, 0.4) is 0 Å². The predicted molar refractivity (Wildman–Crippen MR) is 89.5 cm³/mol. The summed E-state index contributed by atoms with van der Waals surface area (Å²) in [7, 11) is 0. The van der Waals surface area contributed by atoms with Crippen molar-refractivity contribution in [3.8, 4) is 0 Å². The fraction of sp³-hybridized carbons (Fsp3) is 0.647. The van der Waals surface area contributed by atoms with Gasteiger partial charge in [0.15, 0.2) is 0 Å². The number of likely N-dealkylation sites (tertiary alicyclic amines) is 2. The fourth-order valence-electron chi connectivity index (χ4n) is 4.28. The van der Waals surface area contributed by atoms with Crippen molar-refractivity contribution in [2.75, 3.05) is 26.2 Å². The minimum Gasteiger partial charge on any atom is -0.353 e. The molecular formula is C17H23N3O2S. The minimum atomic E-state index is 0.183. The second kappa shape index (κ2) is 6.24. The molecule has 2 amide bonds. The monoisotopic (exact) mass is 333 g/mol. The molecule has 23 heavy (non-hydrogen) atoms. The van der Waals surface area contributed by atoms with Crippen LogP contribution in [-0.2, 0) is 4.79 Å². The summed E-state index contributed by atoms with van der Waals surface area (Å²) in [6.45, 7) is 3.81. The lowest BCUT2D eigenvalue weighted by molar-refractivity contribution is -0.119. The lowest BCUT2D eigenvalue weighted by Gasteiger charge is -2.43. The molecule has 1 aromatic rings. The van der Waals surface area contributed by atoms with Gasteiger partial charge in [0.25, 0.3) is 5.91 Å². The molecule has 5 nitrogen and oxygen atoms in total. The molecule has 0 bridgehead atoms. The molecule has 3 aliphatic heterocycles. The molecule has 0 unspecified atom stereocenters. The van der Waals surface area contributed by atoms with Crippen molar-refractivity contribution in [2.24, 2.45) is 5.92 Å². The number of thiophene rings is 1. The van der Waals surface area contributed by atoms with Gasteiger partial charge in [-0.15, -0.1) is 11.3 Å². The van der Waals surface area contributed by atoms with Gasteiger partial charge in [-0.2, -0.15) is 0 Å². The summed E-state index contributed by atoms with van der Waals surface area (Å²) in [4.78, 5) is 29.4. The van der Waals surface area contributed by atoms with E-state index in [9.17, 15) is 9.59 Å². The average Bonchev–Trinajstić information content (AvgIpc) is 3.22. The number of piperidine rings is 2. The van der Waals surface area contributed by atoms with Crippen LogP contribution in [0.2, 0.25) is 0 Å². The molecule has 0 radical (unpaired) electrons. The van der Waals surface area contributed by atoms with Crippen molar-refractivity contribution in [1.82, 2.24) is 15.1 Å². The maximum Gasteiger partial charge on any atom is 0.263 e. The summed E-state index contributed by atoms with van der Waals surface area (Å²) in [5.74, 6) is 0.892. The van der Waals surface area contributed by atoms with Crippen LogP contribution in [0.25, 0.3) is 0 Å². The number of carbonyl (C=O) groups excluding carboxylic acids is 2. The first-order valence-electron chi connectivity index (χ1n) is 8.57. The highest BCUT2D eigenvalue weighted by Crippen LogP contribution is 2.29. The summed E-state index contributed by atoms with van der Waals surface area (Å²) >= 11 is 1.52. The number of amides is 2. The Morgan fingerprint density at radius 1 is 1.22 bits per heavy atom. The topological polar surface area (TPSA) is 52.7 Å². The molecule has 4 heterocycles. The fourth-order valence-corrected chi connectivity index (χ4v) is 4.97. The zero-order valence-corrected chi connectivity index (χ0v) is 14.1. The van der Waals surface area contributed by atoms with Crippen molar-refractivity contribution in [3.05, 3.63) is 22.4 Å². The summed E-state index contributed by atoms with van der Waals surface area (Å²) in [5.41, 5.74) is 0. The van der Waals surface area contributed by atoms with Gasteiger partial charge in [0.1, 0.15) is 0 Å². The van der Waals surface area contributed by atoms with Crippen LogP contribution >= 0.6 is 11.3 Å². The van der Waals surface area contributed by atoms with E-state index in [0.29, 0.717) is 24.4 Å². The Bertz CT molecular complexity index is 581. The molecule has 4 rings (SSSR count). The van der Waals surface area contributed by atoms with E-state index < -0.39 is 0 Å². The highest BCUT2D eigenvalue weighted by atomic mass is 32.1. The third-order valence-corrected chi connectivity index (χ3v) is 6.42. The molecule has 6 heteroatoms. The van der Waals surface area contributed by atoms with Crippen LogP contribution < -0.4 is 5.32 Å². The van der Waals surface area contributed by atoms with Gasteiger partial charge < -0.3 is 10.2 Å². The molecule has 1 N–H and O–H groups in total. The molecule has 0 aliphatic carbocycles. The summed E-state index contributed by atoms with van der Waals surface area (Å²) in [5, 5.41) is 5.06. The maximum absolute atomic E-state index is 12.4. The molecule has 3 aliphatic rings. The smallest absolute Gasteiger partial charge is 0.263 e. The Hall–Kier alpha value is -1.40. The van der Waals surface area contributed by atoms with Gasteiger partial charge >= 0.3 is 0 Å². The first kappa shape index (κ1) is 15.1. The molecule has 124 valence electrons. The second-order valence-electron chi connectivity index (χ2n) is 6.92. The van der Waals surface area contributed by atoms with Crippen LogP contribution in [0.15, 0.2) is 17.5 Å². The summed E-state index contributed by atoms with van der Waals surface area (Å²) < 4.78 is 0. The van der Waals surface area contributed by atoms with Crippen LogP contribution in [0, 0.1) is 5.92 Å². The number of carbonyl (C=O) groups is 2. The first-order valence-corrected chi connectivity index (χ1v) is 9.45. The van der Waals surface area contributed by atoms with Crippen molar-refractivity contribution in [1.29, 1.82) is 0 Å². The SMILES string of the molecule is O=C1C[C@@H]2CN(C3CCN(C(=O)c4cccs4)CC3)CC[C@@H]2N1. The number of hydrogen-bond acceptors (Lipinski definition) is 4. The van der Waals surface area contributed by atoms with E-state index in [2.05, 4.69) is 10.2 Å². The third-order valence-electron chi connectivity index (χ3n) is 5.56. The predicted octanol–water partition coefficient (Wildman–Crippen LogP) is 1.56. The maximum atomic E-state index is 12.4. The van der Waals surface area contributed by atoms with E-state index in [1.54, 1.807) is 0 Å². The highest BCUT2D eigenvalue weighted by molar-refractivity contribution is 7.12. The van der Waals surface area contributed by atoms with Gasteiger partial charge in [-0.3, -0.25) is 14.5 Å². The van der Waals surface area contributed by atoms with Crippen molar-refractivity contribution < 1.29 is 9.59 Å². The van der Waals surface area contributed by atoms with E-state index in [-0.39, 0.29) is 11.8 Å². The quantitative estimate of drug-likeness (QED) is 0.894. The zero-order valence-electron chi connectivity index (χ0n) is 13.2. The van der Waals surface area contributed by atoms with Crippen molar-refractivity contribution in [2.45, 2.75) is 37.8 Å². The van der Waals surface area contributed by atoms with Crippen LogP contribution in [0.5, 0.6) is 0 Å². The summed E-state index contributed by atoms with van der Waals surface area (Å²) in [6.07, 6.45) is 3.87. The molecule has 3 fully saturated rings. The lowest BCUT2D eigenvalue weighted by Crippen LogP contribution is -2.52. The Balaban J connectivity index is 1.31. The van der Waals surface area contributed by atoms with Gasteiger partial charge in [-0.05, 0) is 30.7 Å². The summed E-state index contributed by atoms with van der Waals surface area (Å²) in [6, 6.07) is 4.82. The van der Waals surface area contributed by atoms with Gasteiger partial charge in [-0.25, -0.2) is 0 Å². The Kier molecular flexibility index (Phi) is 4.11. The van der Waals surface area contributed by atoms with Crippen molar-refractivity contribution >= 4 is 23.2 Å². The first-order chi connectivity index (χ1) is 11.2. The van der Waals surface area contributed by atoms with Gasteiger partial charge in [0, 0.05) is 50.6 Å². The van der Waals surface area contributed by atoms with Gasteiger partial charge in [0.2, 0.25) is 5.91 Å². The van der Waals surface area contributed by atoms with Crippen LogP contribution in [0.1, 0.15) is 35.4 Å². The normalized spacial score (nSPS) is 29.4. The lowest BCUT2D eigenvalue weighted by atomic mass is 9.90. The van der Waals surface area contributed by atoms with E-state index in [1.807, 2.05) is 22.4 Å². The molecule has 0 saturated carbocycles. The number of fused-ring (bicyclic) bond motifs is 1. The largest absolute Gasteiger partial charge is 0.353 e. The molecule has 1 aromatic heterocycles. The minimum absolute atomic E-state index is 0.183. The Morgan fingerprint density at radius 3 is 2.78 bits per heavy atom. The molecule has 0 aromatic carbocycles. The van der Waals surface area contributed by atoms with E-state index in [4.69, 9.17) is 0 Å².